The number of carbonyl (C=O) groups excluding carboxylic acids is 1. The molecule has 0 radical (unpaired) electrons. The fourth-order valence-corrected chi connectivity index (χ4v) is 4.49. The fraction of sp³-hybridized carbons (Fsp3) is 0.733. The molecule has 2 unspecified atom stereocenters. The number of aryl methyl sites for hydroxylation is 1. The molecule has 0 aromatic carbocycles. The van der Waals surface area contributed by atoms with E-state index in [-0.39, 0.29) is 24.2 Å². The maximum absolute atomic E-state index is 12.4. The molecule has 2 bridgehead atoms. The number of nitrogens with zero attached hydrogens (tertiary/aromatic N) is 1. The Morgan fingerprint density at radius 2 is 2.10 bits per heavy atom. The summed E-state index contributed by atoms with van der Waals surface area (Å²) in [6.07, 6.45) is 8.40. The highest BCUT2D eigenvalue weighted by molar-refractivity contribution is 7.15. The van der Waals surface area contributed by atoms with E-state index in [1.165, 1.54) is 24.1 Å². The Hall–Kier alpha value is -0.650. The summed E-state index contributed by atoms with van der Waals surface area (Å²) in [5.74, 6) is 1.35. The molecule has 3 rings (SSSR count). The molecule has 2 atom stereocenters. The first-order valence-corrected chi connectivity index (χ1v) is 8.50. The number of anilines is 1. The van der Waals surface area contributed by atoms with E-state index in [9.17, 15) is 4.79 Å². The molecule has 0 aliphatic heterocycles. The van der Waals surface area contributed by atoms with Gasteiger partial charge in [-0.1, -0.05) is 13.3 Å². The van der Waals surface area contributed by atoms with Crippen molar-refractivity contribution < 1.29 is 4.79 Å². The number of aromatic nitrogens is 1. The zero-order chi connectivity index (χ0) is 14.1. The third kappa shape index (κ3) is 3.58. The van der Waals surface area contributed by atoms with Crippen molar-refractivity contribution in [3.05, 3.63) is 11.1 Å². The Balaban J connectivity index is 0.00000161. The van der Waals surface area contributed by atoms with E-state index in [1.807, 2.05) is 6.20 Å². The van der Waals surface area contributed by atoms with Gasteiger partial charge in [-0.25, -0.2) is 4.98 Å². The molecule has 21 heavy (non-hydrogen) atoms. The number of rotatable bonds is 3. The zero-order valence-corrected chi connectivity index (χ0v) is 14.0. The molecular weight excluding hydrogens is 306 g/mol. The van der Waals surface area contributed by atoms with Crippen molar-refractivity contribution >= 4 is 34.8 Å². The number of carbonyl (C=O) groups is 1. The summed E-state index contributed by atoms with van der Waals surface area (Å²) < 4.78 is 0. The van der Waals surface area contributed by atoms with E-state index in [1.54, 1.807) is 11.3 Å². The monoisotopic (exact) mass is 329 g/mol. The summed E-state index contributed by atoms with van der Waals surface area (Å²) in [6.45, 7) is 2.10. The SMILES string of the molecule is CCc1cnc(NC(=O)C2CC3CCCC(C2)C3N)s1.Cl. The van der Waals surface area contributed by atoms with Gasteiger partial charge in [0.1, 0.15) is 0 Å². The van der Waals surface area contributed by atoms with Crippen LogP contribution in [0.5, 0.6) is 0 Å². The molecule has 2 aliphatic carbocycles. The largest absolute Gasteiger partial charge is 0.327 e. The van der Waals surface area contributed by atoms with Gasteiger partial charge in [0.05, 0.1) is 0 Å². The minimum atomic E-state index is 0. The lowest BCUT2D eigenvalue weighted by atomic mass is 9.65. The van der Waals surface area contributed by atoms with Gasteiger partial charge in [-0.2, -0.15) is 0 Å². The number of nitrogens with one attached hydrogen (secondary N) is 1. The summed E-state index contributed by atoms with van der Waals surface area (Å²) in [6, 6.07) is 0.319. The van der Waals surface area contributed by atoms with Gasteiger partial charge in [-0.05, 0) is 43.9 Å². The molecule has 118 valence electrons. The zero-order valence-electron chi connectivity index (χ0n) is 12.4. The second kappa shape index (κ2) is 7.07. The van der Waals surface area contributed by atoms with Crippen molar-refractivity contribution in [2.45, 2.75) is 51.5 Å². The molecule has 1 amide bonds. The molecule has 3 N–H and O–H groups in total. The summed E-state index contributed by atoms with van der Waals surface area (Å²) >= 11 is 1.58. The standard InChI is InChI=1S/C15H23N3OS.ClH/c1-2-12-8-17-15(20-12)18-14(19)11-6-9-4-3-5-10(7-11)13(9)16;/h8-11,13H,2-7,16H2,1H3,(H,17,18,19);1H. The Kier molecular flexibility index (Phi) is 5.63. The molecule has 0 saturated heterocycles. The highest BCUT2D eigenvalue weighted by Crippen LogP contribution is 2.42. The Morgan fingerprint density at radius 3 is 2.67 bits per heavy atom. The van der Waals surface area contributed by atoms with Gasteiger partial charge in [-0.15, -0.1) is 23.7 Å². The lowest BCUT2D eigenvalue weighted by Gasteiger charge is -2.43. The topological polar surface area (TPSA) is 68.0 Å². The van der Waals surface area contributed by atoms with Crippen LogP contribution in [-0.2, 0) is 11.2 Å². The van der Waals surface area contributed by atoms with Gasteiger partial charge in [0.2, 0.25) is 5.91 Å². The van der Waals surface area contributed by atoms with Crippen LogP contribution in [0, 0.1) is 17.8 Å². The Bertz CT molecular complexity index is 479. The van der Waals surface area contributed by atoms with E-state index in [2.05, 4.69) is 17.2 Å². The van der Waals surface area contributed by atoms with Crippen LogP contribution in [-0.4, -0.2) is 16.9 Å². The molecule has 1 aromatic heterocycles. The first kappa shape index (κ1) is 16.7. The summed E-state index contributed by atoms with van der Waals surface area (Å²) in [7, 11) is 0. The molecule has 2 saturated carbocycles. The van der Waals surface area contributed by atoms with Crippen LogP contribution in [0.25, 0.3) is 0 Å². The van der Waals surface area contributed by atoms with Crippen molar-refractivity contribution in [3.8, 4) is 0 Å². The maximum Gasteiger partial charge on any atom is 0.229 e. The minimum absolute atomic E-state index is 0. The second-order valence-corrected chi connectivity index (χ2v) is 7.29. The van der Waals surface area contributed by atoms with E-state index >= 15 is 0 Å². The molecule has 6 heteroatoms. The van der Waals surface area contributed by atoms with E-state index in [0.29, 0.717) is 17.9 Å². The van der Waals surface area contributed by atoms with Crippen molar-refractivity contribution in [1.29, 1.82) is 0 Å². The first-order valence-electron chi connectivity index (χ1n) is 7.68. The van der Waals surface area contributed by atoms with Crippen LogP contribution in [0.4, 0.5) is 5.13 Å². The number of nitrogens with two attached hydrogens (primary N) is 1. The average Bonchev–Trinajstić information content (AvgIpc) is 2.86. The number of hydrogen-bond acceptors (Lipinski definition) is 4. The van der Waals surface area contributed by atoms with Gasteiger partial charge in [0.25, 0.3) is 0 Å². The molecular formula is C15H24ClN3OS. The normalized spacial score (nSPS) is 31.3. The van der Waals surface area contributed by atoms with Crippen LogP contribution >= 0.6 is 23.7 Å². The van der Waals surface area contributed by atoms with Crippen molar-refractivity contribution in [1.82, 2.24) is 4.98 Å². The molecule has 1 heterocycles. The third-order valence-corrected chi connectivity index (χ3v) is 5.97. The number of halogens is 1. The number of hydrogen-bond donors (Lipinski definition) is 2. The molecule has 0 spiro atoms. The number of amides is 1. The minimum Gasteiger partial charge on any atom is -0.327 e. The van der Waals surface area contributed by atoms with Crippen LogP contribution in [0.3, 0.4) is 0 Å². The van der Waals surface area contributed by atoms with Gasteiger partial charge in [0.15, 0.2) is 5.13 Å². The average molecular weight is 330 g/mol. The predicted octanol–water partition coefficient (Wildman–Crippen LogP) is 3.22. The highest BCUT2D eigenvalue weighted by Gasteiger charge is 2.40. The summed E-state index contributed by atoms with van der Waals surface area (Å²) in [5.41, 5.74) is 6.28. The van der Waals surface area contributed by atoms with Crippen molar-refractivity contribution in [3.63, 3.8) is 0 Å². The lowest BCUT2D eigenvalue weighted by molar-refractivity contribution is -0.122. The van der Waals surface area contributed by atoms with Gasteiger partial charge >= 0.3 is 0 Å². The van der Waals surface area contributed by atoms with E-state index in [0.717, 1.165) is 24.4 Å². The smallest absolute Gasteiger partial charge is 0.229 e. The Labute approximate surface area is 136 Å². The van der Waals surface area contributed by atoms with Crippen LogP contribution in [0.15, 0.2) is 6.20 Å². The van der Waals surface area contributed by atoms with E-state index in [4.69, 9.17) is 5.73 Å². The predicted molar refractivity (Wildman–Crippen MR) is 88.9 cm³/mol. The molecule has 2 fully saturated rings. The summed E-state index contributed by atoms with van der Waals surface area (Å²) in [4.78, 5) is 17.9. The molecule has 1 aromatic rings. The lowest BCUT2D eigenvalue weighted by Crippen LogP contribution is -2.48. The fourth-order valence-electron chi connectivity index (χ4n) is 3.74. The third-order valence-electron chi connectivity index (χ3n) is 4.92. The quantitative estimate of drug-likeness (QED) is 0.894. The van der Waals surface area contributed by atoms with Gasteiger partial charge < -0.3 is 11.1 Å². The first-order chi connectivity index (χ1) is 9.67. The van der Waals surface area contributed by atoms with E-state index < -0.39 is 0 Å². The Morgan fingerprint density at radius 1 is 1.43 bits per heavy atom. The van der Waals surface area contributed by atoms with Crippen molar-refractivity contribution in [2.24, 2.45) is 23.5 Å². The number of fused-ring (bicyclic) bond motifs is 2. The maximum atomic E-state index is 12.4. The summed E-state index contributed by atoms with van der Waals surface area (Å²) in [5, 5.41) is 3.74. The number of thiazole rings is 1. The van der Waals surface area contributed by atoms with Crippen LogP contribution in [0.2, 0.25) is 0 Å². The van der Waals surface area contributed by atoms with Crippen LogP contribution < -0.4 is 11.1 Å². The van der Waals surface area contributed by atoms with Crippen molar-refractivity contribution in [2.75, 3.05) is 5.32 Å². The molecule has 4 nitrogen and oxygen atoms in total. The van der Waals surface area contributed by atoms with Gasteiger partial charge in [0, 0.05) is 23.0 Å². The second-order valence-electron chi connectivity index (χ2n) is 6.17. The molecule has 2 aliphatic rings. The van der Waals surface area contributed by atoms with Gasteiger partial charge in [-0.3, -0.25) is 4.79 Å². The van der Waals surface area contributed by atoms with Crippen LogP contribution in [0.1, 0.15) is 43.9 Å². The highest BCUT2D eigenvalue weighted by atomic mass is 35.5.